The first-order chi connectivity index (χ1) is 32.0. The second-order valence-corrected chi connectivity index (χ2v) is 35.8. The summed E-state index contributed by atoms with van der Waals surface area (Å²) >= 11 is 0. The Morgan fingerprint density at radius 2 is 0.231 bits per heavy atom. The van der Waals surface area contributed by atoms with Gasteiger partial charge in [-0.3, -0.25) is 0 Å². The first-order valence-electron chi connectivity index (χ1n) is 29.4. The topological polar surface area (TPSA) is 157 Å². The fraction of sp³-hybridized carbons (Fsp3) is 1.00. The van der Waals surface area contributed by atoms with Crippen molar-refractivity contribution in [3.8, 4) is 0 Å². The molecule has 0 unspecified atom stereocenters. The van der Waals surface area contributed by atoms with Crippen LogP contribution in [0.4, 0.5) is 0 Å². The minimum Gasteiger partial charge on any atom is -0.849 e. The van der Waals surface area contributed by atoms with Gasteiger partial charge in [0, 0.05) is 26.4 Å². The van der Waals surface area contributed by atoms with Crippen molar-refractivity contribution < 1.29 is 74.3 Å². The molecule has 2 heterocycles. The third kappa shape index (κ3) is 31.2. The largest absolute Gasteiger partial charge is 3.00 e. The molecular weight excluding hydrogens is 1060 g/mol. The van der Waals surface area contributed by atoms with Gasteiger partial charge in [0.15, 0.2) is 0 Å². The van der Waals surface area contributed by atoms with E-state index in [1.54, 1.807) is 41.5 Å². The molecule has 0 spiro atoms. The van der Waals surface area contributed by atoms with Gasteiger partial charge in [-0.15, -0.1) is 33.6 Å². The number of ether oxygens (including phenoxy) is 2. The fourth-order valence-electron chi connectivity index (χ4n) is 7.77. The van der Waals surface area contributed by atoms with Gasteiger partial charge in [-0.25, -0.2) is 0 Å². The molecule has 2 aliphatic rings. The summed E-state index contributed by atoms with van der Waals surface area (Å²) in [4.78, 5) is 0. The van der Waals surface area contributed by atoms with Gasteiger partial charge in [0.2, 0.25) is 0 Å². The Bertz CT molecular complexity index is 1130. The standard InChI is InChI=1S/6C10H21O.2C4H8O.2Fe/c6*1-8(2,3)10(7,11)9(4,5)6;2*1-2-4-5-3-1;;/h6*1-7H3;2*1-4H2;;/q6*-1;;;2*+3. The normalized spacial score (nSPS) is 16.0. The fourth-order valence-corrected chi connectivity index (χ4v) is 7.77. The van der Waals surface area contributed by atoms with Crippen LogP contribution in [0.1, 0.15) is 316 Å². The van der Waals surface area contributed by atoms with E-state index in [1.165, 1.54) is 25.7 Å². The number of hydrogen-bond donors (Lipinski definition) is 0. The zero-order chi connectivity index (χ0) is 64.1. The molecule has 0 amide bonds. The van der Waals surface area contributed by atoms with Crippen molar-refractivity contribution in [3.05, 3.63) is 0 Å². The zero-order valence-corrected chi connectivity index (χ0v) is 62.8. The van der Waals surface area contributed by atoms with Gasteiger partial charge in [0.25, 0.3) is 0 Å². The maximum absolute atomic E-state index is 12.1. The predicted molar refractivity (Wildman–Crippen MR) is 324 cm³/mol. The molecule has 0 aromatic heterocycles. The Hall–Kier alpha value is 0.719. The van der Waals surface area contributed by atoms with Crippen LogP contribution in [-0.2, 0) is 43.6 Å². The first-order valence-corrected chi connectivity index (χ1v) is 29.4. The third-order valence-electron chi connectivity index (χ3n) is 18.8. The molecule has 10 heteroatoms. The minimum atomic E-state index is -0.875. The van der Waals surface area contributed by atoms with Crippen molar-refractivity contribution in [2.45, 2.75) is 350 Å². The SMILES string of the molecule is C1CCOC1.C1CCOC1.CC(C)(C)C(C)([O-])C(C)(C)C.CC(C)(C)C(C)([O-])C(C)(C)C.CC(C)(C)C(C)([O-])C(C)(C)C.CC(C)(C)C(C)([O-])C(C)(C)C.CC(C)(C)C(C)([O-])C(C)(C)C.CC(C)(C)C(C)([O-])C(C)(C)C.[Fe+3].[Fe+3]. The first kappa shape index (κ1) is 95.1. The van der Waals surface area contributed by atoms with Gasteiger partial charge < -0.3 is 40.1 Å². The van der Waals surface area contributed by atoms with E-state index in [-0.39, 0.29) is 99.1 Å². The molecule has 8 nitrogen and oxygen atoms in total. The van der Waals surface area contributed by atoms with Crippen LogP contribution in [0, 0.1) is 65.0 Å². The molecule has 2 aliphatic heterocycles. The van der Waals surface area contributed by atoms with Gasteiger partial charge in [-0.2, -0.15) is 0 Å². The van der Waals surface area contributed by atoms with Crippen LogP contribution in [0.3, 0.4) is 0 Å². The van der Waals surface area contributed by atoms with Crippen LogP contribution in [0.25, 0.3) is 0 Å². The maximum Gasteiger partial charge on any atom is 3.00 e. The summed E-state index contributed by atoms with van der Waals surface area (Å²) in [6.45, 7) is 87.0. The Morgan fingerprint density at radius 1 is 0.167 bits per heavy atom. The quantitative estimate of drug-likeness (QED) is 0.217. The van der Waals surface area contributed by atoms with Crippen molar-refractivity contribution in [1.29, 1.82) is 0 Å². The van der Waals surface area contributed by atoms with Crippen LogP contribution in [0.15, 0.2) is 0 Å². The molecule has 0 bridgehead atoms. The van der Waals surface area contributed by atoms with E-state index < -0.39 is 33.6 Å². The molecule has 0 aliphatic carbocycles. The Morgan fingerprint density at radius 3 is 0.244 bits per heavy atom. The Kier molecular flexibility index (Phi) is 39.6. The van der Waals surface area contributed by atoms with E-state index in [0.29, 0.717) is 0 Å². The van der Waals surface area contributed by atoms with Crippen LogP contribution < -0.4 is 30.6 Å². The van der Waals surface area contributed by atoms with Gasteiger partial charge in [0.05, 0.1) is 0 Å². The predicted octanol–water partition coefficient (Wildman–Crippen LogP) is 14.8. The van der Waals surface area contributed by atoms with Crippen molar-refractivity contribution in [1.82, 2.24) is 0 Å². The van der Waals surface area contributed by atoms with Crippen molar-refractivity contribution in [2.24, 2.45) is 65.0 Å². The molecule has 0 saturated carbocycles. The summed E-state index contributed by atoms with van der Waals surface area (Å²) in [5.74, 6) is 0. The Labute approximate surface area is 512 Å². The average Bonchev–Trinajstić information content (AvgIpc) is 3.88. The van der Waals surface area contributed by atoms with Crippen LogP contribution in [0.5, 0.6) is 0 Å². The molecule has 0 aromatic rings. The van der Waals surface area contributed by atoms with Gasteiger partial charge >= 0.3 is 34.1 Å². The summed E-state index contributed by atoms with van der Waals surface area (Å²) in [7, 11) is 0. The summed E-state index contributed by atoms with van der Waals surface area (Å²) in [6.07, 6.45) is 5.11. The van der Waals surface area contributed by atoms with Crippen molar-refractivity contribution >= 4 is 0 Å². The van der Waals surface area contributed by atoms with E-state index in [4.69, 9.17) is 9.47 Å². The Balaban J connectivity index is -0.000000120. The monoisotopic (exact) mass is 1200 g/mol. The molecule has 0 aromatic carbocycles. The van der Waals surface area contributed by atoms with Gasteiger partial charge in [0.1, 0.15) is 0 Å². The molecule has 78 heavy (non-hydrogen) atoms. The van der Waals surface area contributed by atoms with Crippen molar-refractivity contribution in [2.75, 3.05) is 26.4 Å². The van der Waals surface area contributed by atoms with E-state index in [0.717, 1.165) is 26.4 Å². The third-order valence-corrected chi connectivity index (χ3v) is 18.8. The molecule has 2 rings (SSSR count). The molecule has 0 N–H and O–H groups in total. The summed E-state index contributed by atoms with van der Waals surface area (Å²) < 4.78 is 9.89. The molecule has 2 saturated heterocycles. The van der Waals surface area contributed by atoms with Gasteiger partial charge in [-0.1, -0.05) is 291 Å². The molecule has 0 atom stereocenters. The van der Waals surface area contributed by atoms with Crippen LogP contribution in [0.2, 0.25) is 0 Å². The second-order valence-electron chi connectivity index (χ2n) is 35.8. The summed E-state index contributed by atoms with van der Waals surface area (Å²) in [5, 5.41) is 72.9. The van der Waals surface area contributed by atoms with Gasteiger partial charge in [-0.05, 0) is 90.7 Å². The minimum absolute atomic E-state index is 0. The van der Waals surface area contributed by atoms with Crippen LogP contribution in [-0.4, -0.2) is 60.0 Å². The smallest absolute Gasteiger partial charge is 0.849 e. The van der Waals surface area contributed by atoms with E-state index in [9.17, 15) is 30.6 Å². The van der Waals surface area contributed by atoms with Crippen molar-refractivity contribution in [3.63, 3.8) is 0 Å². The molecule has 2 radical (unpaired) electrons. The molecular formula is C68H142Fe2O8. The average molecular weight is 1200 g/mol. The second kappa shape index (κ2) is 32.5. The van der Waals surface area contributed by atoms with E-state index in [1.807, 2.05) is 249 Å². The molecule has 478 valence electrons. The summed E-state index contributed by atoms with van der Waals surface area (Å²) in [6, 6.07) is 0. The summed E-state index contributed by atoms with van der Waals surface area (Å²) in [5.41, 5.74) is -7.35. The van der Waals surface area contributed by atoms with Crippen LogP contribution >= 0.6 is 0 Å². The number of hydrogen-bond acceptors (Lipinski definition) is 8. The molecule has 2 fully saturated rings. The van der Waals surface area contributed by atoms with E-state index >= 15 is 0 Å². The maximum atomic E-state index is 12.1. The van der Waals surface area contributed by atoms with E-state index in [2.05, 4.69) is 0 Å². The number of rotatable bonds is 0. The zero-order valence-electron chi connectivity index (χ0n) is 60.6.